The number of aromatic nitrogens is 2. The molecule has 1 aromatic carbocycles. The zero-order valence-corrected chi connectivity index (χ0v) is 12.5. The molecule has 1 fully saturated rings. The van der Waals surface area contributed by atoms with Gasteiger partial charge in [0.15, 0.2) is 0 Å². The average Bonchev–Trinajstić information content (AvgIpc) is 3.12. The van der Waals surface area contributed by atoms with Gasteiger partial charge in [-0.15, -0.1) is 0 Å². The third-order valence-electron chi connectivity index (χ3n) is 4.02. The van der Waals surface area contributed by atoms with Gasteiger partial charge in [-0.1, -0.05) is 0 Å². The zero-order valence-electron chi connectivity index (χ0n) is 12.5. The van der Waals surface area contributed by atoms with E-state index in [1.165, 1.54) is 6.07 Å². The second-order valence-electron chi connectivity index (χ2n) is 5.57. The minimum atomic E-state index is -4.40. The predicted molar refractivity (Wildman–Crippen MR) is 76.5 cm³/mol. The zero-order chi connectivity index (χ0) is 16.6. The molecule has 1 unspecified atom stereocenters. The highest BCUT2D eigenvalue weighted by molar-refractivity contribution is 5.79. The van der Waals surface area contributed by atoms with Crippen molar-refractivity contribution in [3.8, 4) is 0 Å². The molecule has 0 spiro atoms. The Morgan fingerprint density at radius 3 is 2.91 bits per heavy atom. The van der Waals surface area contributed by atoms with Gasteiger partial charge in [-0.05, 0) is 24.6 Å². The number of aryl methyl sites for hydroxylation is 1. The summed E-state index contributed by atoms with van der Waals surface area (Å²) in [5, 5.41) is 2.76. The first-order valence-electron chi connectivity index (χ1n) is 7.24. The lowest BCUT2D eigenvalue weighted by Gasteiger charge is -2.09. The maximum Gasteiger partial charge on any atom is 0.416 e. The van der Waals surface area contributed by atoms with Gasteiger partial charge in [0.1, 0.15) is 5.82 Å². The third kappa shape index (κ3) is 3.17. The number of amides is 1. The lowest BCUT2D eigenvalue weighted by molar-refractivity contribution is -0.137. The van der Waals surface area contributed by atoms with Crippen molar-refractivity contribution in [2.45, 2.75) is 19.1 Å². The number of imidazole rings is 1. The van der Waals surface area contributed by atoms with E-state index in [1.54, 1.807) is 11.6 Å². The van der Waals surface area contributed by atoms with Crippen molar-refractivity contribution in [3.63, 3.8) is 0 Å². The van der Waals surface area contributed by atoms with Crippen molar-refractivity contribution in [2.24, 2.45) is 13.0 Å². The van der Waals surface area contributed by atoms with Crippen LogP contribution in [0.3, 0.4) is 0 Å². The maximum absolute atomic E-state index is 12.7. The van der Waals surface area contributed by atoms with Crippen molar-refractivity contribution in [3.05, 3.63) is 29.6 Å². The Morgan fingerprint density at radius 2 is 2.26 bits per heavy atom. The maximum atomic E-state index is 12.7. The summed E-state index contributed by atoms with van der Waals surface area (Å²) in [5.41, 5.74) is 0.115. The molecular formula is C15H16F3N3O2. The van der Waals surface area contributed by atoms with Crippen LogP contribution in [0.2, 0.25) is 0 Å². The summed E-state index contributed by atoms with van der Waals surface area (Å²) in [6.07, 6.45) is -3.72. The van der Waals surface area contributed by atoms with E-state index in [4.69, 9.17) is 4.74 Å². The summed E-state index contributed by atoms with van der Waals surface area (Å²) in [6, 6.07) is 3.44. The molecule has 8 heteroatoms. The van der Waals surface area contributed by atoms with Gasteiger partial charge in [0.2, 0.25) is 5.91 Å². The monoisotopic (exact) mass is 327 g/mol. The third-order valence-corrected chi connectivity index (χ3v) is 4.02. The molecule has 0 bridgehead atoms. The van der Waals surface area contributed by atoms with Crippen molar-refractivity contribution in [2.75, 3.05) is 13.2 Å². The van der Waals surface area contributed by atoms with Crippen LogP contribution in [0.25, 0.3) is 11.0 Å². The van der Waals surface area contributed by atoms with E-state index in [2.05, 4.69) is 10.3 Å². The van der Waals surface area contributed by atoms with Crippen molar-refractivity contribution in [1.82, 2.24) is 14.9 Å². The Hall–Kier alpha value is -2.09. The Kier molecular flexibility index (Phi) is 4.01. The van der Waals surface area contributed by atoms with E-state index in [-0.39, 0.29) is 23.9 Å². The summed E-state index contributed by atoms with van der Waals surface area (Å²) in [5.74, 6) is 0.221. The summed E-state index contributed by atoms with van der Waals surface area (Å²) < 4.78 is 45.1. The molecular weight excluding hydrogens is 311 g/mol. The second kappa shape index (κ2) is 5.84. The Balaban J connectivity index is 1.78. The standard InChI is InChI=1S/C15H16F3N3O2/c1-21-12-3-2-10(15(16,17)18)6-11(12)20-13(21)7-19-14(22)9-4-5-23-8-9/h2-3,6,9H,4-5,7-8H2,1H3,(H,19,22). The Bertz CT molecular complexity index is 733. The van der Waals surface area contributed by atoms with Crippen molar-refractivity contribution >= 4 is 16.9 Å². The number of halogens is 3. The summed E-state index contributed by atoms with van der Waals surface area (Å²) >= 11 is 0. The molecule has 0 radical (unpaired) electrons. The van der Waals surface area contributed by atoms with E-state index >= 15 is 0 Å². The highest BCUT2D eigenvalue weighted by Crippen LogP contribution is 2.31. The van der Waals surface area contributed by atoms with Crippen LogP contribution in [-0.2, 0) is 29.3 Å². The van der Waals surface area contributed by atoms with E-state index in [9.17, 15) is 18.0 Å². The smallest absolute Gasteiger partial charge is 0.381 e. The molecule has 0 aliphatic carbocycles. The highest BCUT2D eigenvalue weighted by atomic mass is 19.4. The first-order valence-corrected chi connectivity index (χ1v) is 7.24. The number of alkyl halides is 3. The number of nitrogens with zero attached hydrogens (tertiary/aromatic N) is 2. The van der Waals surface area contributed by atoms with Crippen LogP contribution in [0.5, 0.6) is 0 Å². The van der Waals surface area contributed by atoms with Gasteiger partial charge < -0.3 is 14.6 Å². The molecule has 2 heterocycles. The number of hydrogen-bond donors (Lipinski definition) is 1. The molecule has 1 N–H and O–H groups in total. The number of benzene rings is 1. The largest absolute Gasteiger partial charge is 0.416 e. The summed E-state index contributed by atoms with van der Waals surface area (Å²) in [7, 11) is 1.71. The summed E-state index contributed by atoms with van der Waals surface area (Å²) in [6.45, 7) is 1.15. The van der Waals surface area contributed by atoms with Gasteiger partial charge in [0, 0.05) is 13.7 Å². The van der Waals surface area contributed by atoms with Gasteiger partial charge in [-0.2, -0.15) is 13.2 Å². The molecule has 23 heavy (non-hydrogen) atoms. The number of rotatable bonds is 3. The Labute approximate surface area is 130 Å². The lowest BCUT2D eigenvalue weighted by Crippen LogP contribution is -2.31. The molecule has 2 aromatic rings. The molecule has 1 aliphatic heterocycles. The minimum Gasteiger partial charge on any atom is -0.381 e. The number of ether oxygens (including phenoxy) is 1. The van der Waals surface area contributed by atoms with E-state index < -0.39 is 11.7 Å². The number of nitrogens with one attached hydrogen (secondary N) is 1. The van der Waals surface area contributed by atoms with Crippen molar-refractivity contribution < 1.29 is 22.7 Å². The van der Waals surface area contributed by atoms with Crippen LogP contribution in [0.15, 0.2) is 18.2 Å². The number of carbonyl (C=O) groups excluding carboxylic acids is 1. The quantitative estimate of drug-likeness (QED) is 0.941. The first-order chi connectivity index (χ1) is 10.9. The molecule has 0 saturated carbocycles. The molecule has 5 nitrogen and oxygen atoms in total. The molecule has 1 amide bonds. The Morgan fingerprint density at radius 1 is 1.48 bits per heavy atom. The fourth-order valence-corrected chi connectivity index (χ4v) is 2.64. The first kappa shape index (κ1) is 15.8. The highest BCUT2D eigenvalue weighted by Gasteiger charge is 2.31. The van der Waals surface area contributed by atoms with Crippen LogP contribution in [0.4, 0.5) is 13.2 Å². The van der Waals surface area contributed by atoms with Gasteiger partial charge in [0.05, 0.1) is 35.7 Å². The molecule has 1 saturated heterocycles. The van der Waals surface area contributed by atoms with Gasteiger partial charge in [-0.3, -0.25) is 4.79 Å². The molecule has 124 valence electrons. The molecule has 1 aromatic heterocycles. The van der Waals surface area contributed by atoms with Crippen LogP contribution in [0, 0.1) is 5.92 Å². The van der Waals surface area contributed by atoms with Crippen LogP contribution < -0.4 is 5.32 Å². The van der Waals surface area contributed by atoms with Crippen LogP contribution in [-0.4, -0.2) is 28.7 Å². The fourth-order valence-electron chi connectivity index (χ4n) is 2.64. The fraction of sp³-hybridized carbons (Fsp3) is 0.467. The molecule has 3 rings (SSSR count). The second-order valence-corrected chi connectivity index (χ2v) is 5.57. The number of hydrogen-bond acceptors (Lipinski definition) is 3. The normalized spacial score (nSPS) is 18.5. The molecule has 1 atom stereocenters. The average molecular weight is 327 g/mol. The van der Waals surface area contributed by atoms with Gasteiger partial charge >= 0.3 is 6.18 Å². The van der Waals surface area contributed by atoms with E-state index in [0.29, 0.717) is 31.0 Å². The van der Waals surface area contributed by atoms with Crippen LogP contribution >= 0.6 is 0 Å². The van der Waals surface area contributed by atoms with E-state index in [0.717, 1.165) is 12.1 Å². The molecule has 1 aliphatic rings. The number of carbonyl (C=O) groups is 1. The predicted octanol–water partition coefficient (Wildman–Crippen LogP) is 2.24. The van der Waals surface area contributed by atoms with Crippen molar-refractivity contribution in [1.29, 1.82) is 0 Å². The lowest BCUT2D eigenvalue weighted by atomic mass is 10.1. The SMILES string of the molecule is Cn1c(CNC(=O)C2CCOC2)nc2cc(C(F)(F)F)ccc21. The number of fused-ring (bicyclic) bond motifs is 1. The van der Waals surface area contributed by atoms with Gasteiger partial charge in [0.25, 0.3) is 0 Å². The van der Waals surface area contributed by atoms with Crippen LogP contribution in [0.1, 0.15) is 17.8 Å². The van der Waals surface area contributed by atoms with E-state index in [1.807, 2.05) is 0 Å². The topological polar surface area (TPSA) is 56.2 Å². The minimum absolute atomic E-state index is 0.120. The van der Waals surface area contributed by atoms with Gasteiger partial charge in [-0.25, -0.2) is 4.98 Å². The summed E-state index contributed by atoms with van der Waals surface area (Å²) in [4.78, 5) is 16.2.